The molecule has 1 saturated carbocycles. The number of rotatable bonds is 15. The van der Waals surface area contributed by atoms with Crippen LogP contribution in [0.5, 0.6) is 0 Å². The standard InChI is InChI=1S/C23H44/c1-3-5-6-7-8-9-10-11-12-14-18-22(17-4-2)21-23-19-15-13-16-20-23/h4,22-23H,2-3,5-21H2,1H3. The van der Waals surface area contributed by atoms with Gasteiger partial charge in [0.15, 0.2) is 0 Å². The maximum atomic E-state index is 3.99. The molecule has 0 nitrogen and oxygen atoms in total. The van der Waals surface area contributed by atoms with Crippen LogP contribution >= 0.6 is 0 Å². The second-order valence-electron chi connectivity index (χ2n) is 8.10. The Morgan fingerprint density at radius 1 is 0.826 bits per heavy atom. The van der Waals surface area contributed by atoms with E-state index in [2.05, 4.69) is 19.6 Å². The fraction of sp³-hybridized carbons (Fsp3) is 0.913. The van der Waals surface area contributed by atoms with Gasteiger partial charge in [0.25, 0.3) is 0 Å². The van der Waals surface area contributed by atoms with Crippen molar-refractivity contribution in [3.8, 4) is 0 Å². The first-order valence-corrected chi connectivity index (χ1v) is 11.0. The Morgan fingerprint density at radius 3 is 1.96 bits per heavy atom. The van der Waals surface area contributed by atoms with Crippen molar-refractivity contribution in [3.63, 3.8) is 0 Å². The minimum atomic E-state index is 0.935. The summed E-state index contributed by atoms with van der Waals surface area (Å²) >= 11 is 0. The van der Waals surface area contributed by atoms with E-state index in [0.29, 0.717) is 0 Å². The monoisotopic (exact) mass is 320 g/mol. The summed E-state index contributed by atoms with van der Waals surface area (Å²) < 4.78 is 0. The van der Waals surface area contributed by atoms with E-state index < -0.39 is 0 Å². The van der Waals surface area contributed by atoms with E-state index in [1.54, 1.807) is 0 Å². The van der Waals surface area contributed by atoms with Gasteiger partial charge in [0.2, 0.25) is 0 Å². The number of hydrogen-bond donors (Lipinski definition) is 0. The highest BCUT2D eigenvalue weighted by atomic mass is 14.2. The fourth-order valence-corrected chi connectivity index (χ4v) is 4.38. The highest BCUT2D eigenvalue weighted by Gasteiger charge is 2.18. The van der Waals surface area contributed by atoms with Crippen molar-refractivity contribution in [1.82, 2.24) is 0 Å². The molecule has 136 valence electrons. The summed E-state index contributed by atoms with van der Waals surface area (Å²) in [5, 5.41) is 0. The van der Waals surface area contributed by atoms with Gasteiger partial charge in [0.1, 0.15) is 0 Å². The summed E-state index contributed by atoms with van der Waals surface area (Å²) in [6.45, 7) is 6.29. The average molecular weight is 321 g/mol. The molecule has 0 heterocycles. The van der Waals surface area contributed by atoms with Crippen LogP contribution in [0, 0.1) is 11.8 Å². The lowest BCUT2D eigenvalue weighted by molar-refractivity contribution is 0.275. The Kier molecular flexibility index (Phi) is 13.8. The molecule has 0 saturated heterocycles. The zero-order valence-corrected chi connectivity index (χ0v) is 16.2. The first-order valence-electron chi connectivity index (χ1n) is 11.0. The molecule has 0 aliphatic heterocycles. The van der Waals surface area contributed by atoms with Crippen LogP contribution in [0.15, 0.2) is 12.7 Å². The third-order valence-corrected chi connectivity index (χ3v) is 5.86. The smallest absolute Gasteiger partial charge is 0.0325 e. The molecule has 1 rings (SSSR count). The van der Waals surface area contributed by atoms with Crippen molar-refractivity contribution in [3.05, 3.63) is 12.7 Å². The molecule has 0 N–H and O–H groups in total. The number of allylic oxidation sites excluding steroid dienone is 1. The van der Waals surface area contributed by atoms with E-state index in [-0.39, 0.29) is 0 Å². The van der Waals surface area contributed by atoms with Crippen molar-refractivity contribution < 1.29 is 0 Å². The molecule has 1 aliphatic carbocycles. The van der Waals surface area contributed by atoms with E-state index >= 15 is 0 Å². The second-order valence-corrected chi connectivity index (χ2v) is 8.10. The molecule has 0 aromatic carbocycles. The highest BCUT2D eigenvalue weighted by molar-refractivity contribution is 4.77. The van der Waals surface area contributed by atoms with Gasteiger partial charge >= 0.3 is 0 Å². The predicted molar refractivity (Wildman–Crippen MR) is 106 cm³/mol. The number of unbranched alkanes of at least 4 members (excludes halogenated alkanes) is 9. The zero-order chi connectivity index (χ0) is 16.6. The van der Waals surface area contributed by atoms with E-state index in [1.165, 1.54) is 116 Å². The Bertz CT molecular complexity index is 249. The molecule has 0 aromatic rings. The third kappa shape index (κ3) is 11.8. The third-order valence-electron chi connectivity index (χ3n) is 5.86. The minimum absolute atomic E-state index is 0.935. The quantitative estimate of drug-likeness (QED) is 0.210. The lowest BCUT2D eigenvalue weighted by Gasteiger charge is -2.26. The predicted octanol–water partition coefficient (Wildman–Crippen LogP) is 8.46. The first kappa shape index (κ1) is 20.8. The van der Waals surface area contributed by atoms with E-state index in [9.17, 15) is 0 Å². The van der Waals surface area contributed by atoms with Crippen LogP contribution in [0.4, 0.5) is 0 Å². The van der Waals surface area contributed by atoms with E-state index in [1.807, 2.05) is 0 Å². The van der Waals surface area contributed by atoms with Crippen molar-refractivity contribution in [2.75, 3.05) is 0 Å². The molecule has 0 amide bonds. The van der Waals surface area contributed by atoms with Gasteiger partial charge < -0.3 is 0 Å². The first-order chi connectivity index (χ1) is 11.4. The molecular formula is C23H44. The SMILES string of the molecule is C=CCC(CCCCCCCCCCCC)CC1CCCCC1. The summed E-state index contributed by atoms with van der Waals surface area (Å²) in [5.74, 6) is 1.97. The Hall–Kier alpha value is -0.260. The van der Waals surface area contributed by atoms with Gasteiger partial charge in [-0.2, -0.15) is 0 Å². The van der Waals surface area contributed by atoms with E-state index in [0.717, 1.165) is 11.8 Å². The largest absolute Gasteiger partial charge is 0.103 e. The molecule has 0 spiro atoms. The molecule has 1 aliphatic rings. The lowest BCUT2D eigenvalue weighted by atomic mass is 9.80. The number of hydrogen-bond acceptors (Lipinski definition) is 0. The summed E-state index contributed by atoms with van der Waals surface area (Å²) in [5.41, 5.74) is 0. The maximum Gasteiger partial charge on any atom is -0.0325 e. The van der Waals surface area contributed by atoms with Gasteiger partial charge in [-0.1, -0.05) is 116 Å². The molecule has 0 radical (unpaired) electrons. The van der Waals surface area contributed by atoms with E-state index in [4.69, 9.17) is 0 Å². The summed E-state index contributed by atoms with van der Waals surface area (Å²) in [4.78, 5) is 0. The topological polar surface area (TPSA) is 0 Å². The Morgan fingerprint density at radius 2 is 1.39 bits per heavy atom. The zero-order valence-electron chi connectivity index (χ0n) is 16.2. The molecule has 23 heavy (non-hydrogen) atoms. The van der Waals surface area contributed by atoms with Crippen molar-refractivity contribution in [2.45, 2.75) is 122 Å². The average Bonchev–Trinajstić information content (AvgIpc) is 2.57. The van der Waals surface area contributed by atoms with Gasteiger partial charge in [0, 0.05) is 0 Å². The normalized spacial score (nSPS) is 17.3. The Balaban J connectivity index is 1.96. The van der Waals surface area contributed by atoms with Crippen molar-refractivity contribution in [1.29, 1.82) is 0 Å². The van der Waals surface area contributed by atoms with Crippen molar-refractivity contribution in [2.24, 2.45) is 11.8 Å². The summed E-state index contributed by atoms with van der Waals surface area (Å²) in [6.07, 6.45) is 28.4. The van der Waals surface area contributed by atoms with Crippen LogP contribution in [-0.4, -0.2) is 0 Å². The van der Waals surface area contributed by atoms with Gasteiger partial charge in [-0.3, -0.25) is 0 Å². The Labute approximate surface area is 147 Å². The van der Waals surface area contributed by atoms with Gasteiger partial charge in [0.05, 0.1) is 0 Å². The molecule has 0 bridgehead atoms. The lowest BCUT2D eigenvalue weighted by Crippen LogP contribution is -2.12. The summed E-state index contributed by atoms with van der Waals surface area (Å²) in [7, 11) is 0. The van der Waals surface area contributed by atoms with Gasteiger partial charge in [-0.05, 0) is 24.7 Å². The van der Waals surface area contributed by atoms with Gasteiger partial charge in [-0.15, -0.1) is 6.58 Å². The fourth-order valence-electron chi connectivity index (χ4n) is 4.38. The van der Waals surface area contributed by atoms with Crippen molar-refractivity contribution >= 4 is 0 Å². The minimum Gasteiger partial charge on any atom is -0.103 e. The van der Waals surface area contributed by atoms with Crippen LogP contribution in [-0.2, 0) is 0 Å². The van der Waals surface area contributed by atoms with Gasteiger partial charge in [-0.25, -0.2) is 0 Å². The molecule has 1 atom stereocenters. The van der Waals surface area contributed by atoms with Crippen LogP contribution in [0.25, 0.3) is 0 Å². The second kappa shape index (κ2) is 15.3. The van der Waals surface area contributed by atoms with Crippen LogP contribution < -0.4 is 0 Å². The summed E-state index contributed by atoms with van der Waals surface area (Å²) in [6, 6.07) is 0. The molecule has 0 aromatic heterocycles. The van der Waals surface area contributed by atoms with Crippen LogP contribution in [0.3, 0.4) is 0 Å². The van der Waals surface area contributed by atoms with Crippen LogP contribution in [0.1, 0.15) is 122 Å². The maximum absolute atomic E-state index is 3.99. The van der Waals surface area contributed by atoms with Crippen LogP contribution in [0.2, 0.25) is 0 Å². The molecule has 1 fully saturated rings. The molecule has 0 heteroatoms. The molecular weight excluding hydrogens is 276 g/mol. The highest BCUT2D eigenvalue weighted by Crippen LogP contribution is 2.32. The molecule has 1 unspecified atom stereocenters.